The van der Waals surface area contributed by atoms with Gasteiger partial charge in [0.1, 0.15) is 4.90 Å². The molecule has 1 aliphatic heterocycles. The second-order valence-corrected chi connectivity index (χ2v) is 9.28. The molecule has 0 amide bonds. The normalized spacial score (nSPS) is 16.4. The maximum Gasteiger partial charge on any atom is 0.246 e. The number of thiophene rings is 1. The Morgan fingerprint density at radius 1 is 1.00 bits per heavy atom. The topological polar surface area (TPSA) is 58.4 Å². The highest BCUT2D eigenvalue weighted by Gasteiger charge is 2.32. The number of benzene rings is 1. The first-order valence-electron chi connectivity index (χ1n) is 8.78. The van der Waals surface area contributed by atoms with Gasteiger partial charge in [-0.2, -0.15) is 20.7 Å². The molecule has 0 saturated carbocycles. The lowest BCUT2D eigenvalue weighted by molar-refractivity contribution is 0.145. The Hall–Kier alpha value is -2.21. The Bertz CT molecular complexity index is 1110. The molecule has 0 aliphatic carbocycles. The molecule has 0 N–H and O–H groups in total. The molecule has 1 aliphatic rings. The number of aromatic nitrogens is 2. The van der Waals surface area contributed by atoms with E-state index >= 15 is 0 Å². The molecular weight excluding hydrogens is 425 g/mol. The fourth-order valence-electron chi connectivity index (χ4n) is 3.17. The average Bonchev–Trinajstić information content (AvgIpc) is 3.38. The van der Waals surface area contributed by atoms with Gasteiger partial charge in [-0.1, -0.05) is 0 Å². The summed E-state index contributed by atoms with van der Waals surface area (Å²) in [4.78, 5) is 1.16. The molecule has 4 rings (SSSR count). The zero-order valence-corrected chi connectivity index (χ0v) is 16.8. The van der Waals surface area contributed by atoms with Gasteiger partial charge in [0, 0.05) is 43.3 Å². The van der Waals surface area contributed by atoms with Crippen molar-refractivity contribution in [2.75, 3.05) is 26.2 Å². The van der Waals surface area contributed by atoms with Crippen molar-refractivity contribution in [1.82, 2.24) is 19.0 Å². The number of hydrogen-bond donors (Lipinski definition) is 0. The van der Waals surface area contributed by atoms with Gasteiger partial charge in [0.15, 0.2) is 17.5 Å². The van der Waals surface area contributed by atoms with Crippen LogP contribution in [-0.2, 0) is 16.7 Å². The number of piperazine rings is 1. The number of halogens is 3. The van der Waals surface area contributed by atoms with Crippen LogP contribution in [0.1, 0.15) is 0 Å². The molecule has 3 aromatic rings. The number of nitrogens with zero attached hydrogens (tertiary/aromatic N) is 4. The summed E-state index contributed by atoms with van der Waals surface area (Å²) in [6.45, 7) is 1.51. The van der Waals surface area contributed by atoms with E-state index in [9.17, 15) is 21.6 Å². The minimum absolute atomic E-state index is 0.111. The van der Waals surface area contributed by atoms with E-state index in [0.29, 0.717) is 25.8 Å². The predicted molar refractivity (Wildman–Crippen MR) is 102 cm³/mol. The lowest BCUT2D eigenvalue weighted by atomic mass is 10.2. The first-order chi connectivity index (χ1) is 13.9. The van der Waals surface area contributed by atoms with E-state index in [1.54, 1.807) is 16.0 Å². The van der Waals surface area contributed by atoms with Gasteiger partial charge in [0.05, 0.1) is 12.4 Å². The zero-order chi connectivity index (χ0) is 20.6. The van der Waals surface area contributed by atoms with E-state index in [1.165, 1.54) is 0 Å². The molecule has 154 valence electrons. The van der Waals surface area contributed by atoms with E-state index in [0.717, 1.165) is 21.6 Å². The summed E-state index contributed by atoms with van der Waals surface area (Å²) in [6, 6.07) is 5.27. The summed E-state index contributed by atoms with van der Waals surface area (Å²) in [5.74, 6) is -4.90. The minimum atomic E-state index is -4.25. The van der Waals surface area contributed by atoms with Gasteiger partial charge >= 0.3 is 0 Å². The van der Waals surface area contributed by atoms with Gasteiger partial charge in [-0.3, -0.25) is 9.58 Å². The molecule has 0 bridgehead atoms. The van der Waals surface area contributed by atoms with Crippen LogP contribution in [-0.4, -0.2) is 53.6 Å². The van der Waals surface area contributed by atoms with Crippen molar-refractivity contribution in [2.24, 2.45) is 0 Å². The Morgan fingerprint density at radius 3 is 2.45 bits per heavy atom. The van der Waals surface area contributed by atoms with Crippen molar-refractivity contribution in [3.8, 4) is 11.3 Å². The highest BCUT2D eigenvalue weighted by atomic mass is 32.2. The summed E-state index contributed by atoms with van der Waals surface area (Å²) in [7, 11) is -4.25. The zero-order valence-electron chi connectivity index (χ0n) is 15.1. The Morgan fingerprint density at radius 2 is 1.76 bits per heavy atom. The summed E-state index contributed by atoms with van der Waals surface area (Å²) in [5, 5.41) is 8.50. The van der Waals surface area contributed by atoms with Crippen LogP contribution < -0.4 is 0 Å². The van der Waals surface area contributed by atoms with Crippen molar-refractivity contribution in [3.05, 3.63) is 58.7 Å². The van der Waals surface area contributed by atoms with Crippen LogP contribution in [0.15, 0.2) is 46.1 Å². The number of rotatable bonds is 5. The van der Waals surface area contributed by atoms with Gasteiger partial charge in [-0.25, -0.2) is 21.6 Å². The van der Waals surface area contributed by atoms with Crippen LogP contribution in [0.5, 0.6) is 0 Å². The van der Waals surface area contributed by atoms with Gasteiger partial charge in [0.2, 0.25) is 10.0 Å². The Labute approximate surface area is 169 Å². The lowest BCUT2D eigenvalue weighted by Crippen LogP contribution is -2.49. The summed E-state index contributed by atoms with van der Waals surface area (Å²) in [6.07, 6.45) is 1.85. The molecule has 1 aromatic carbocycles. The molecule has 0 spiro atoms. The fourth-order valence-corrected chi connectivity index (χ4v) is 5.30. The highest BCUT2D eigenvalue weighted by Crippen LogP contribution is 2.24. The van der Waals surface area contributed by atoms with E-state index in [-0.39, 0.29) is 13.1 Å². The second kappa shape index (κ2) is 7.90. The number of hydrogen-bond acceptors (Lipinski definition) is 5. The van der Waals surface area contributed by atoms with Crippen molar-refractivity contribution < 1.29 is 21.6 Å². The van der Waals surface area contributed by atoms with E-state index < -0.39 is 32.4 Å². The quantitative estimate of drug-likeness (QED) is 0.570. The van der Waals surface area contributed by atoms with Crippen LogP contribution >= 0.6 is 11.3 Å². The molecular formula is C18H17F3N4O2S2. The van der Waals surface area contributed by atoms with E-state index in [1.807, 2.05) is 34.0 Å². The predicted octanol–water partition coefficient (Wildman–Crippen LogP) is 2.99. The van der Waals surface area contributed by atoms with Crippen LogP contribution in [0.3, 0.4) is 0 Å². The van der Waals surface area contributed by atoms with Gasteiger partial charge in [-0.15, -0.1) is 0 Å². The molecule has 0 atom stereocenters. The molecule has 0 unspecified atom stereocenters. The summed E-state index contributed by atoms with van der Waals surface area (Å²) < 4.78 is 68.6. The molecule has 1 fully saturated rings. The summed E-state index contributed by atoms with van der Waals surface area (Å²) in [5.41, 5.74) is 1.90. The van der Waals surface area contributed by atoms with Crippen molar-refractivity contribution in [1.29, 1.82) is 0 Å². The molecule has 0 radical (unpaired) electrons. The third-order valence-electron chi connectivity index (χ3n) is 4.75. The Balaban J connectivity index is 1.41. The first kappa shape index (κ1) is 20.1. The highest BCUT2D eigenvalue weighted by molar-refractivity contribution is 7.89. The second-order valence-electron chi connectivity index (χ2n) is 6.59. The van der Waals surface area contributed by atoms with Crippen LogP contribution in [0.2, 0.25) is 0 Å². The molecule has 1 saturated heterocycles. The van der Waals surface area contributed by atoms with Gasteiger partial charge < -0.3 is 0 Å². The van der Waals surface area contributed by atoms with Gasteiger partial charge in [0.25, 0.3) is 0 Å². The van der Waals surface area contributed by atoms with Crippen molar-refractivity contribution >= 4 is 21.4 Å². The maximum atomic E-state index is 14.0. The van der Waals surface area contributed by atoms with Gasteiger partial charge in [-0.05, 0) is 29.6 Å². The lowest BCUT2D eigenvalue weighted by Gasteiger charge is -2.33. The summed E-state index contributed by atoms with van der Waals surface area (Å²) >= 11 is 1.59. The van der Waals surface area contributed by atoms with E-state index in [4.69, 9.17) is 0 Å². The van der Waals surface area contributed by atoms with Crippen LogP contribution in [0, 0.1) is 17.5 Å². The standard InChI is InChI=1S/C18H17F3N4O2S2/c19-14-1-2-16(18(21)17(14)20)29(26,27)25-8-6-23(7-9-25)12-24-5-3-15(22-24)13-4-10-28-11-13/h1-5,10-11H,6-9,12H2. The minimum Gasteiger partial charge on any atom is -0.282 e. The Kier molecular flexibility index (Phi) is 5.47. The first-order valence-corrected chi connectivity index (χ1v) is 11.2. The van der Waals surface area contributed by atoms with Crippen LogP contribution in [0.25, 0.3) is 11.3 Å². The largest absolute Gasteiger partial charge is 0.282 e. The molecule has 3 heterocycles. The average molecular weight is 442 g/mol. The molecule has 11 heteroatoms. The molecule has 6 nitrogen and oxygen atoms in total. The smallest absolute Gasteiger partial charge is 0.246 e. The maximum absolute atomic E-state index is 14.0. The third-order valence-corrected chi connectivity index (χ3v) is 7.35. The van der Waals surface area contributed by atoms with Crippen molar-refractivity contribution in [3.63, 3.8) is 0 Å². The number of sulfonamides is 1. The SMILES string of the molecule is O=S(=O)(c1ccc(F)c(F)c1F)N1CCN(Cn2ccc(-c3ccsc3)n2)CC1. The third kappa shape index (κ3) is 3.95. The molecule has 2 aromatic heterocycles. The van der Waals surface area contributed by atoms with Crippen molar-refractivity contribution in [2.45, 2.75) is 11.6 Å². The fraction of sp³-hybridized carbons (Fsp3) is 0.278. The molecule has 29 heavy (non-hydrogen) atoms. The van der Waals surface area contributed by atoms with E-state index in [2.05, 4.69) is 5.10 Å². The monoisotopic (exact) mass is 442 g/mol. The van der Waals surface area contributed by atoms with Crippen LogP contribution in [0.4, 0.5) is 13.2 Å².